The van der Waals surface area contributed by atoms with Gasteiger partial charge in [0.1, 0.15) is 10.9 Å². The zero-order valence-electron chi connectivity index (χ0n) is 12.7. The maximum absolute atomic E-state index is 6.32. The van der Waals surface area contributed by atoms with Crippen molar-refractivity contribution in [3.05, 3.63) is 16.7 Å². The fourth-order valence-electron chi connectivity index (χ4n) is 3.29. The van der Waals surface area contributed by atoms with Crippen molar-refractivity contribution in [2.24, 2.45) is 17.8 Å². The molecule has 0 saturated heterocycles. The molecular weight excluding hydrogens is 304 g/mol. The molecule has 1 saturated carbocycles. The summed E-state index contributed by atoms with van der Waals surface area (Å²) < 4.78 is 6.32. The number of fused-ring (bicyclic) bond motifs is 1. The summed E-state index contributed by atoms with van der Waals surface area (Å²) in [5.41, 5.74) is 0. The van der Waals surface area contributed by atoms with Crippen LogP contribution in [-0.4, -0.2) is 16.1 Å². The monoisotopic (exact) mass is 324 g/mol. The van der Waals surface area contributed by atoms with E-state index in [1.807, 2.05) is 11.4 Å². The number of thiophene rings is 1. The Morgan fingerprint density at radius 1 is 1.33 bits per heavy atom. The summed E-state index contributed by atoms with van der Waals surface area (Å²) in [6, 6.07) is 2.02. The molecule has 3 atom stereocenters. The lowest BCUT2D eigenvalue weighted by Crippen LogP contribution is -2.36. The van der Waals surface area contributed by atoms with Gasteiger partial charge in [-0.25, -0.2) is 4.98 Å². The van der Waals surface area contributed by atoms with Crippen LogP contribution in [0.2, 0.25) is 5.28 Å². The molecule has 0 bridgehead atoms. The molecule has 1 aliphatic rings. The number of hydrogen-bond donors (Lipinski definition) is 0. The lowest BCUT2D eigenvalue weighted by atomic mass is 9.75. The average Bonchev–Trinajstić information content (AvgIpc) is 2.86. The highest BCUT2D eigenvalue weighted by molar-refractivity contribution is 7.16. The topological polar surface area (TPSA) is 35.0 Å². The fourth-order valence-corrected chi connectivity index (χ4v) is 4.25. The Kier molecular flexibility index (Phi) is 4.36. The Labute approximate surface area is 134 Å². The van der Waals surface area contributed by atoms with E-state index in [2.05, 4.69) is 30.7 Å². The van der Waals surface area contributed by atoms with Gasteiger partial charge in [0.2, 0.25) is 11.2 Å². The summed E-state index contributed by atoms with van der Waals surface area (Å²) in [6.07, 6.45) is 3.84. The molecular formula is C16H21ClN2OS. The van der Waals surface area contributed by atoms with Crippen LogP contribution in [0.4, 0.5) is 0 Å². The summed E-state index contributed by atoms with van der Waals surface area (Å²) in [5, 5.41) is 3.25. The average molecular weight is 325 g/mol. The Hall–Kier alpha value is -0.870. The Balaban J connectivity index is 1.90. The van der Waals surface area contributed by atoms with Crippen LogP contribution >= 0.6 is 22.9 Å². The van der Waals surface area contributed by atoms with Crippen LogP contribution in [-0.2, 0) is 0 Å². The number of hydrogen-bond acceptors (Lipinski definition) is 4. The van der Waals surface area contributed by atoms with E-state index in [9.17, 15) is 0 Å². The summed E-state index contributed by atoms with van der Waals surface area (Å²) >= 11 is 7.60. The van der Waals surface area contributed by atoms with Crippen molar-refractivity contribution in [1.82, 2.24) is 9.97 Å². The molecule has 1 fully saturated rings. The maximum Gasteiger partial charge on any atom is 0.227 e. The number of nitrogens with zero attached hydrogens (tertiary/aromatic N) is 2. The van der Waals surface area contributed by atoms with Crippen LogP contribution in [0.1, 0.15) is 40.0 Å². The summed E-state index contributed by atoms with van der Waals surface area (Å²) in [6.45, 7) is 6.87. The van der Waals surface area contributed by atoms with Gasteiger partial charge in [-0.05, 0) is 53.6 Å². The second-order valence-corrected chi connectivity index (χ2v) is 7.65. The van der Waals surface area contributed by atoms with Gasteiger partial charge in [-0.15, -0.1) is 11.3 Å². The van der Waals surface area contributed by atoms with Crippen molar-refractivity contribution in [2.75, 3.05) is 0 Å². The Bertz CT molecular complexity index is 628. The lowest BCUT2D eigenvalue weighted by molar-refractivity contribution is 0.0438. The molecule has 1 aliphatic carbocycles. The van der Waals surface area contributed by atoms with Crippen molar-refractivity contribution in [3.8, 4) is 5.88 Å². The second kappa shape index (κ2) is 6.09. The van der Waals surface area contributed by atoms with Gasteiger partial charge in [0.25, 0.3) is 0 Å². The molecule has 2 heterocycles. The summed E-state index contributed by atoms with van der Waals surface area (Å²) in [7, 11) is 0. The maximum atomic E-state index is 6.32. The van der Waals surface area contributed by atoms with E-state index >= 15 is 0 Å². The van der Waals surface area contributed by atoms with E-state index in [1.54, 1.807) is 11.3 Å². The van der Waals surface area contributed by atoms with Crippen LogP contribution in [0.5, 0.6) is 5.88 Å². The first kappa shape index (κ1) is 15.0. The minimum absolute atomic E-state index is 0.225. The van der Waals surface area contributed by atoms with E-state index in [4.69, 9.17) is 16.3 Å². The molecule has 0 aromatic carbocycles. The molecule has 0 spiro atoms. The van der Waals surface area contributed by atoms with E-state index in [0.29, 0.717) is 23.6 Å². The minimum Gasteiger partial charge on any atom is -0.473 e. The second-order valence-electron chi connectivity index (χ2n) is 6.42. The Morgan fingerprint density at radius 2 is 2.14 bits per heavy atom. The summed E-state index contributed by atoms with van der Waals surface area (Å²) in [5.74, 6) is 2.57. The predicted molar refractivity (Wildman–Crippen MR) is 88.2 cm³/mol. The number of halogens is 1. The van der Waals surface area contributed by atoms with Gasteiger partial charge in [0, 0.05) is 0 Å². The molecule has 21 heavy (non-hydrogen) atoms. The van der Waals surface area contributed by atoms with Crippen molar-refractivity contribution >= 4 is 33.2 Å². The van der Waals surface area contributed by atoms with Crippen LogP contribution < -0.4 is 4.74 Å². The number of rotatable bonds is 3. The largest absolute Gasteiger partial charge is 0.473 e. The van der Waals surface area contributed by atoms with Crippen molar-refractivity contribution in [3.63, 3.8) is 0 Å². The molecule has 0 N–H and O–H groups in total. The van der Waals surface area contributed by atoms with Crippen molar-refractivity contribution in [2.45, 2.75) is 46.1 Å². The normalized spacial score (nSPS) is 26.4. The molecule has 0 amide bonds. The van der Waals surface area contributed by atoms with E-state index in [-0.39, 0.29) is 11.4 Å². The minimum atomic E-state index is 0.225. The van der Waals surface area contributed by atoms with Gasteiger partial charge >= 0.3 is 0 Å². The SMILES string of the molecule is CC1CCC(C(C)C)C(Oc2nc(Cl)nc3sccc23)C1. The van der Waals surface area contributed by atoms with Gasteiger partial charge in [-0.2, -0.15) is 4.98 Å². The zero-order valence-corrected chi connectivity index (χ0v) is 14.2. The zero-order chi connectivity index (χ0) is 15.0. The first-order chi connectivity index (χ1) is 10.0. The van der Waals surface area contributed by atoms with Crippen LogP contribution in [0.3, 0.4) is 0 Å². The molecule has 3 nitrogen and oxygen atoms in total. The molecule has 2 aromatic rings. The smallest absolute Gasteiger partial charge is 0.227 e. The predicted octanol–water partition coefficient (Wildman–Crippen LogP) is 5.18. The number of ether oxygens (including phenoxy) is 1. The van der Waals surface area contributed by atoms with E-state index < -0.39 is 0 Å². The molecule has 114 valence electrons. The van der Waals surface area contributed by atoms with Crippen LogP contribution in [0.25, 0.3) is 10.2 Å². The van der Waals surface area contributed by atoms with Gasteiger partial charge in [-0.3, -0.25) is 0 Å². The van der Waals surface area contributed by atoms with Crippen molar-refractivity contribution < 1.29 is 4.74 Å². The highest BCUT2D eigenvalue weighted by Gasteiger charge is 2.33. The third-order valence-corrected chi connectivity index (χ3v) is 5.46. The molecule has 3 rings (SSSR count). The molecule has 0 aliphatic heterocycles. The standard InChI is InChI=1S/C16H21ClN2OS/c1-9(2)11-5-4-10(3)8-13(11)20-14-12-6-7-21-15(12)19-16(17)18-14/h6-7,9-11,13H,4-5,8H2,1-3H3. The van der Waals surface area contributed by atoms with Gasteiger partial charge < -0.3 is 4.74 Å². The molecule has 3 unspecified atom stereocenters. The van der Waals surface area contributed by atoms with Gasteiger partial charge in [0.05, 0.1) is 5.39 Å². The third-order valence-electron chi connectivity index (χ3n) is 4.49. The molecule has 5 heteroatoms. The van der Waals surface area contributed by atoms with Crippen LogP contribution in [0.15, 0.2) is 11.4 Å². The third kappa shape index (κ3) is 3.16. The fraction of sp³-hybridized carbons (Fsp3) is 0.625. The highest BCUT2D eigenvalue weighted by Crippen LogP contribution is 2.37. The lowest BCUT2D eigenvalue weighted by Gasteiger charge is -2.37. The molecule has 2 aromatic heterocycles. The molecule has 0 radical (unpaired) electrons. The Morgan fingerprint density at radius 3 is 2.90 bits per heavy atom. The first-order valence-corrected chi connectivity index (χ1v) is 8.87. The number of aromatic nitrogens is 2. The van der Waals surface area contributed by atoms with E-state index in [0.717, 1.165) is 16.6 Å². The van der Waals surface area contributed by atoms with Gasteiger partial charge in [0.15, 0.2) is 0 Å². The van der Waals surface area contributed by atoms with E-state index in [1.165, 1.54) is 12.8 Å². The first-order valence-electron chi connectivity index (χ1n) is 7.62. The van der Waals surface area contributed by atoms with Gasteiger partial charge in [-0.1, -0.05) is 27.2 Å². The summed E-state index contributed by atoms with van der Waals surface area (Å²) in [4.78, 5) is 9.47. The van der Waals surface area contributed by atoms with Crippen molar-refractivity contribution in [1.29, 1.82) is 0 Å². The quantitative estimate of drug-likeness (QED) is 0.729. The highest BCUT2D eigenvalue weighted by atomic mass is 35.5. The van der Waals surface area contributed by atoms with Crippen LogP contribution in [0, 0.1) is 17.8 Å².